The van der Waals surface area contributed by atoms with Crippen molar-refractivity contribution in [2.24, 2.45) is 0 Å². The van der Waals surface area contributed by atoms with Crippen molar-refractivity contribution in [1.82, 2.24) is 0 Å². The molecular formula is C16H16O4S. The second-order valence-electron chi connectivity index (χ2n) is 4.76. The van der Waals surface area contributed by atoms with Crippen LogP contribution in [0.2, 0.25) is 0 Å². The Morgan fingerprint density at radius 3 is 2.10 bits per heavy atom. The molecule has 0 fully saturated rings. The number of carboxylic acid groups (broad SMARTS) is 1. The Morgan fingerprint density at radius 1 is 1.00 bits per heavy atom. The molecule has 0 amide bonds. The summed E-state index contributed by atoms with van der Waals surface area (Å²) in [4.78, 5) is 10.7. The van der Waals surface area contributed by atoms with E-state index in [4.69, 9.17) is 9.66 Å². The molecule has 0 saturated carbocycles. The molecule has 21 heavy (non-hydrogen) atoms. The molecule has 0 spiro atoms. The maximum Gasteiger partial charge on any atom is 0.304 e. The van der Waals surface area contributed by atoms with Crippen LogP contribution in [0, 0.1) is 0 Å². The molecule has 4 nitrogen and oxygen atoms in total. The van der Waals surface area contributed by atoms with Crippen molar-refractivity contribution in [2.45, 2.75) is 18.1 Å². The molecular weight excluding hydrogens is 288 g/mol. The lowest BCUT2D eigenvalue weighted by Gasteiger charge is -2.11. The fourth-order valence-corrected chi connectivity index (χ4v) is 2.76. The van der Waals surface area contributed by atoms with Gasteiger partial charge in [0.2, 0.25) is 0 Å². The lowest BCUT2D eigenvalue weighted by Crippen LogP contribution is -2.21. The number of benzene rings is 2. The van der Waals surface area contributed by atoms with Crippen LogP contribution in [-0.4, -0.2) is 25.1 Å². The van der Waals surface area contributed by atoms with Crippen LogP contribution in [0.3, 0.4) is 0 Å². The third-order valence-corrected chi connectivity index (χ3v) is 4.12. The summed E-state index contributed by atoms with van der Waals surface area (Å²) in [6.07, 6.45) is -0.0476. The second kappa shape index (κ2) is 7.15. The van der Waals surface area contributed by atoms with E-state index in [1.165, 1.54) is 0 Å². The minimum atomic E-state index is -2.15. The van der Waals surface area contributed by atoms with Gasteiger partial charge in [-0.3, -0.25) is 4.79 Å². The molecule has 0 aliphatic rings. The highest BCUT2D eigenvalue weighted by atomic mass is 32.2. The van der Waals surface area contributed by atoms with Crippen LogP contribution in [0.15, 0.2) is 54.6 Å². The van der Waals surface area contributed by atoms with Crippen molar-refractivity contribution in [2.75, 3.05) is 0 Å². The molecule has 0 aromatic heterocycles. The predicted octanol–water partition coefficient (Wildman–Crippen LogP) is 2.96. The first kappa shape index (κ1) is 15.4. The van der Waals surface area contributed by atoms with Crippen LogP contribution >= 0.6 is 0 Å². The third kappa shape index (κ3) is 4.51. The standard InChI is InChI=1S/C16H16O4S/c17-16(18)11-15(21(19)20)10-12-6-8-14(9-7-12)13-4-2-1-3-5-13/h1-9,15H,10-11H2,(H,17,18)(H,19,20). The van der Waals surface area contributed by atoms with E-state index in [2.05, 4.69) is 0 Å². The summed E-state index contributed by atoms with van der Waals surface area (Å²) in [7, 11) is 0. The van der Waals surface area contributed by atoms with Gasteiger partial charge in [-0.15, -0.1) is 0 Å². The van der Waals surface area contributed by atoms with Gasteiger partial charge in [0.05, 0.1) is 11.7 Å². The van der Waals surface area contributed by atoms with Gasteiger partial charge in [0.15, 0.2) is 11.1 Å². The molecule has 0 aliphatic heterocycles. The fraction of sp³-hybridized carbons (Fsp3) is 0.188. The van der Waals surface area contributed by atoms with E-state index in [1.54, 1.807) is 0 Å². The molecule has 0 aliphatic carbocycles. The summed E-state index contributed by atoms with van der Waals surface area (Å²) in [6, 6.07) is 17.5. The van der Waals surface area contributed by atoms with Gasteiger partial charge in [-0.05, 0) is 23.1 Å². The normalized spacial score (nSPS) is 13.6. The molecule has 2 atom stereocenters. The monoisotopic (exact) mass is 304 g/mol. The largest absolute Gasteiger partial charge is 0.481 e. The van der Waals surface area contributed by atoms with E-state index in [0.29, 0.717) is 0 Å². The molecule has 2 aromatic rings. The molecule has 0 saturated heterocycles. The summed E-state index contributed by atoms with van der Waals surface area (Å²) in [6.45, 7) is 0. The Kier molecular flexibility index (Phi) is 5.25. The van der Waals surface area contributed by atoms with E-state index in [9.17, 15) is 9.00 Å². The number of aliphatic carboxylic acids is 1. The number of carboxylic acids is 1. The van der Waals surface area contributed by atoms with E-state index < -0.39 is 22.3 Å². The Hall–Kier alpha value is -1.98. The highest BCUT2D eigenvalue weighted by molar-refractivity contribution is 7.79. The van der Waals surface area contributed by atoms with E-state index in [1.807, 2.05) is 54.6 Å². The van der Waals surface area contributed by atoms with Crippen molar-refractivity contribution in [3.63, 3.8) is 0 Å². The van der Waals surface area contributed by atoms with Crippen molar-refractivity contribution in [3.05, 3.63) is 60.2 Å². The fourth-order valence-electron chi connectivity index (χ4n) is 2.14. The number of rotatable bonds is 6. The summed E-state index contributed by atoms with van der Waals surface area (Å²) in [5, 5.41) is 7.97. The average Bonchev–Trinajstić information content (AvgIpc) is 2.48. The first-order valence-corrected chi connectivity index (χ1v) is 7.69. The van der Waals surface area contributed by atoms with Crippen LogP contribution in [0.1, 0.15) is 12.0 Å². The van der Waals surface area contributed by atoms with Gasteiger partial charge < -0.3 is 9.66 Å². The zero-order valence-electron chi connectivity index (χ0n) is 11.3. The first-order chi connectivity index (χ1) is 10.1. The summed E-state index contributed by atoms with van der Waals surface area (Å²) in [5.41, 5.74) is 3.00. The molecule has 2 unspecified atom stereocenters. The van der Waals surface area contributed by atoms with E-state index >= 15 is 0 Å². The van der Waals surface area contributed by atoms with Crippen LogP contribution in [0.4, 0.5) is 0 Å². The Morgan fingerprint density at radius 2 is 1.57 bits per heavy atom. The Bertz CT molecular complexity index is 622. The Balaban J connectivity index is 2.11. The smallest absolute Gasteiger partial charge is 0.304 e. The second-order valence-corrected chi connectivity index (χ2v) is 5.98. The number of carbonyl (C=O) groups is 1. The van der Waals surface area contributed by atoms with Gasteiger partial charge in [-0.2, -0.15) is 0 Å². The maximum absolute atomic E-state index is 11.2. The maximum atomic E-state index is 11.2. The van der Waals surface area contributed by atoms with Gasteiger partial charge in [0, 0.05) is 0 Å². The van der Waals surface area contributed by atoms with Gasteiger partial charge >= 0.3 is 5.97 Å². The SMILES string of the molecule is O=C(O)CC(Cc1ccc(-c2ccccc2)cc1)S(=O)O. The Labute approximate surface area is 125 Å². The summed E-state index contributed by atoms with van der Waals surface area (Å²) < 4.78 is 20.3. The van der Waals surface area contributed by atoms with Crippen LogP contribution in [-0.2, 0) is 22.3 Å². The molecule has 0 bridgehead atoms. The van der Waals surface area contributed by atoms with Crippen molar-refractivity contribution < 1.29 is 18.7 Å². The van der Waals surface area contributed by atoms with Crippen molar-refractivity contribution in [1.29, 1.82) is 0 Å². The average molecular weight is 304 g/mol. The van der Waals surface area contributed by atoms with Gasteiger partial charge in [-0.1, -0.05) is 54.6 Å². The minimum Gasteiger partial charge on any atom is -0.481 e. The van der Waals surface area contributed by atoms with E-state index in [-0.39, 0.29) is 12.8 Å². The molecule has 110 valence electrons. The molecule has 5 heteroatoms. The third-order valence-electron chi connectivity index (χ3n) is 3.21. The topological polar surface area (TPSA) is 74.6 Å². The van der Waals surface area contributed by atoms with Crippen molar-refractivity contribution >= 4 is 17.0 Å². The first-order valence-electron chi connectivity index (χ1n) is 6.52. The lowest BCUT2D eigenvalue weighted by molar-refractivity contribution is -0.137. The molecule has 2 N–H and O–H groups in total. The van der Waals surface area contributed by atoms with Crippen LogP contribution in [0.25, 0.3) is 11.1 Å². The zero-order chi connectivity index (χ0) is 15.2. The quantitative estimate of drug-likeness (QED) is 0.805. The van der Waals surface area contributed by atoms with Crippen molar-refractivity contribution in [3.8, 4) is 11.1 Å². The lowest BCUT2D eigenvalue weighted by atomic mass is 10.0. The molecule has 0 heterocycles. The van der Waals surface area contributed by atoms with Crippen LogP contribution < -0.4 is 0 Å². The van der Waals surface area contributed by atoms with Crippen LogP contribution in [0.5, 0.6) is 0 Å². The molecule has 2 rings (SSSR count). The van der Waals surface area contributed by atoms with Gasteiger partial charge in [0.1, 0.15) is 0 Å². The minimum absolute atomic E-state index is 0.268. The van der Waals surface area contributed by atoms with Gasteiger partial charge in [0.25, 0.3) is 0 Å². The number of hydrogen-bond donors (Lipinski definition) is 2. The molecule has 0 radical (unpaired) electrons. The number of hydrogen-bond acceptors (Lipinski definition) is 2. The van der Waals surface area contributed by atoms with E-state index in [0.717, 1.165) is 16.7 Å². The molecule has 2 aromatic carbocycles. The highest BCUT2D eigenvalue weighted by Gasteiger charge is 2.19. The highest BCUT2D eigenvalue weighted by Crippen LogP contribution is 2.20. The zero-order valence-corrected chi connectivity index (χ0v) is 12.1. The van der Waals surface area contributed by atoms with Gasteiger partial charge in [-0.25, -0.2) is 4.21 Å². The predicted molar refractivity (Wildman–Crippen MR) is 82.4 cm³/mol. The summed E-state index contributed by atoms with van der Waals surface area (Å²) in [5.74, 6) is -1.07. The summed E-state index contributed by atoms with van der Waals surface area (Å²) >= 11 is -2.15.